The highest BCUT2D eigenvalue weighted by molar-refractivity contribution is 7.07. The lowest BCUT2D eigenvalue weighted by Crippen LogP contribution is -2.14. The highest BCUT2D eigenvalue weighted by Crippen LogP contribution is 2.43. The zero-order valence-electron chi connectivity index (χ0n) is 8.93. The van der Waals surface area contributed by atoms with Gasteiger partial charge in [0.25, 0.3) is 0 Å². The molecule has 1 heterocycles. The van der Waals surface area contributed by atoms with Gasteiger partial charge in [0.15, 0.2) is 5.51 Å². The Kier molecular flexibility index (Phi) is 3.29. The van der Waals surface area contributed by atoms with E-state index in [0.717, 1.165) is 22.8 Å². The summed E-state index contributed by atoms with van der Waals surface area (Å²) >= 11 is 0.802. The van der Waals surface area contributed by atoms with Crippen molar-refractivity contribution in [2.24, 2.45) is 0 Å². The Morgan fingerprint density at radius 2 is 1.47 bits per heavy atom. The molecule has 0 N–H and O–H groups in total. The van der Waals surface area contributed by atoms with E-state index >= 15 is 0 Å². The molecule has 0 unspecified atom stereocenters. The topological polar surface area (TPSA) is 12.9 Å². The van der Waals surface area contributed by atoms with E-state index in [1.165, 1.54) is 0 Å². The molecule has 0 aliphatic rings. The minimum Gasteiger partial charge on any atom is -0.233 e. The molecule has 0 amide bonds. The number of nitrogens with zero attached hydrogens (tertiary/aromatic N) is 1. The summed E-state index contributed by atoms with van der Waals surface area (Å²) in [4.78, 5) is 3.43. The van der Waals surface area contributed by atoms with Gasteiger partial charge in [0.05, 0.1) is 16.8 Å². The van der Waals surface area contributed by atoms with Crippen molar-refractivity contribution in [2.75, 3.05) is 0 Å². The number of rotatable bonds is 1. The fourth-order valence-corrected chi connectivity index (χ4v) is 2.09. The van der Waals surface area contributed by atoms with Crippen molar-refractivity contribution < 1.29 is 26.3 Å². The third-order valence-electron chi connectivity index (χ3n) is 2.32. The second-order valence-electron chi connectivity index (χ2n) is 3.55. The van der Waals surface area contributed by atoms with Crippen LogP contribution in [0.15, 0.2) is 23.6 Å². The van der Waals surface area contributed by atoms with Crippen LogP contribution in [0.3, 0.4) is 0 Å². The van der Waals surface area contributed by atoms with E-state index in [2.05, 4.69) is 10.5 Å². The van der Waals surface area contributed by atoms with E-state index in [1.54, 1.807) is 0 Å². The molecule has 8 heteroatoms. The third-order valence-corrected chi connectivity index (χ3v) is 2.86. The summed E-state index contributed by atoms with van der Waals surface area (Å²) in [6, 6.07) is 1.93. The molecule has 0 aliphatic carbocycles. The molecule has 0 saturated carbocycles. The molecular weight excluding hydrogens is 292 g/mol. The normalized spacial score (nSPS) is 12.7. The fourth-order valence-electron chi connectivity index (χ4n) is 1.60. The molecule has 101 valence electrons. The van der Waals surface area contributed by atoms with E-state index in [4.69, 9.17) is 0 Å². The third kappa shape index (κ3) is 2.73. The zero-order chi connectivity index (χ0) is 14.3. The molecule has 2 rings (SSSR count). The van der Waals surface area contributed by atoms with Crippen molar-refractivity contribution in [3.05, 3.63) is 40.2 Å². The Balaban J connectivity index is 2.78. The first-order valence-electron chi connectivity index (χ1n) is 4.80. The number of halogens is 6. The maximum absolute atomic E-state index is 12.8. The van der Waals surface area contributed by atoms with Crippen LogP contribution in [0.5, 0.6) is 0 Å². The van der Waals surface area contributed by atoms with Crippen molar-refractivity contribution in [1.29, 1.82) is 0 Å². The van der Waals surface area contributed by atoms with Gasteiger partial charge in [0, 0.05) is 10.9 Å². The highest BCUT2D eigenvalue weighted by Gasteiger charge is 2.41. The summed E-state index contributed by atoms with van der Waals surface area (Å²) < 4.78 is 76.8. The lowest BCUT2D eigenvalue weighted by atomic mass is 9.98. The van der Waals surface area contributed by atoms with Gasteiger partial charge in [-0.05, 0) is 12.1 Å². The highest BCUT2D eigenvalue weighted by atomic mass is 32.1. The van der Waals surface area contributed by atoms with E-state index < -0.39 is 29.0 Å². The lowest BCUT2D eigenvalue weighted by Gasteiger charge is -2.17. The van der Waals surface area contributed by atoms with Crippen LogP contribution in [-0.4, -0.2) is 4.98 Å². The second kappa shape index (κ2) is 4.52. The van der Waals surface area contributed by atoms with Crippen LogP contribution in [0, 0.1) is 5.51 Å². The number of thiazole rings is 1. The van der Waals surface area contributed by atoms with Gasteiger partial charge in [-0.1, -0.05) is 6.07 Å². The molecule has 1 aromatic carbocycles. The van der Waals surface area contributed by atoms with Gasteiger partial charge >= 0.3 is 12.4 Å². The Morgan fingerprint density at radius 1 is 0.947 bits per heavy atom. The summed E-state index contributed by atoms with van der Waals surface area (Å²) in [5.41, 5.74) is -1.82. The van der Waals surface area contributed by atoms with Crippen molar-refractivity contribution >= 4 is 11.3 Å². The maximum atomic E-state index is 12.8. The minimum absolute atomic E-state index is 0.384. The van der Waals surface area contributed by atoms with Gasteiger partial charge in [-0.2, -0.15) is 26.3 Å². The van der Waals surface area contributed by atoms with Gasteiger partial charge in [-0.25, -0.2) is 4.98 Å². The molecule has 1 aromatic heterocycles. The summed E-state index contributed by atoms with van der Waals surface area (Å²) in [5, 5.41) is 1.10. The van der Waals surface area contributed by atoms with Crippen LogP contribution >= 0.6 is 11.3 Å². The fraction of sp³-hybridized carbons (Fsp3) is 0.182. The molecular formula is C11H4F6NS. The molecule has 19 heavy (non-hydrogen) atoms. The van der Waals surface area contributed by atoms with Crippen LogP contribution in [0.25, 0.3) is 11.3 Å². The van der Waals surface area contributed by atoms with Gasteiger partial charge in [0.2, 0.25) is 0 Å². The van der Waals surface area contributed by atoms with Crippen LogP contribution < -0.4 is 0 Å². The van der Waals surface area contributed by atoms with Gasteiger partial charge in [-0.15, -0.1) is 11.3 Å². The van der Waals surface area contributed by atoms with Gasteiger partial charge in [0.1, 0.15) is 0 Å². The quantitative estimate of drug-likeness (QED) is 0.698. The number of hydrogen-bond donors (Lipinski definition) is 0. The molecule has 2 aromatic rings. The molecule has 0 aliphatic heterocycles. The van der Waals surface area contributed by atoms with Crippen LogP contribution in [0.2, 0.25) is 0 Å². The standard InChI is InChI=1S/C11H4F6NS/c12-10(13,14)6-2-1-3-7(11(15,16)17)9(6)8-4-19-5-18-8/h1-4H. The Morgan fingerprint density at radius 3 is 1.84 bits per heavy atom. The van der Waals surface area contributed by atoms with Crippen molar-refractivity contribution in [3.8, 4) is 11.3 Å². The largest absolute Gasteiger partial charge is 0.417 e. The smallest absolute Gasteiger partial charge is 0.233 e. The van der Waals surface area contributed by atoms with Crippen LogP contribution in [-0.2, 0) is 12.4 Å². The Bertz CT molecular complexity index is 538. The van der Waals surface area contributed by atoms with E-state index in [1.807, 2.05) is 0 Å². The average molecular weight is 296 g/mol. The van der Waals surface area contributed by atoms with E-state index in [0.29, 0.717) is 12.1 Å². The van der Waals surface area contributed by atoms with Gasteiger partial charge in [-0.3, -0.25) is 0 Å². The summed E-state index contributed by atoms with van der Waals surface area (Å²) in [6.07, 6.45) is -9.78. The first-order valence-corrected chi connectivity index (χ1v) is 5.68. The predicted molar refractivity (Wildman–Crippen MR) is 56.4 cm³/mol. The molecule has 0 spiro atoms. The number of hydrogen-bond acceptors (Lipinski definition) is 2. The molecule has 0 fully saturated rings. The van der Waals surface area contributed by atoms with Gasteiger partial charge < -0.3 is 0 Å². The van der Waals surface area contributed by atoms with E-state index in [9.17, 15) is 26.3 Å². The molecule has 0 saturated heterocycles. The minimum atomic E-state index is -4.89. The Hall–Kier alpha value is -1.57. The second-order valence-corrected chi connectivity index (χ2v) is 4.20. The van der Waals surface area contributed by atoms with Crippen LogP contribution in [0.4, 0.5) is 26.3 Å². The van der Waals surface area contributed by atoms with Crippen molar-refractivity contribution in [2.45, 2.75) is 12.4 Å². The Labute approximate surface area is 107 Å². The number of aromatic nitrogens is 1. The average Bonchev–Trinajstić information content (AvgIpc) is 2.78. The summed E-state index contributed by atoms with van der Waals surface area (Å²) in [5.74, 6) is 0. The van der Waals surface area contributed by atoms with E-state index in [-0.39, 0.29) is 5.69 Å². The molecule has 1 nitrogen and oxygen atoms in total. The number of alkyl halides is 6. The first kappa shape index (κ1) is 13.9. The monoisotopic (exact) mass is 296 g/mol. The predicted octanol–water partition coefficient (Wildman–Crippen LogP) is 4.65. The maximum Gasteiger partial charge on any atom is 0.417 e. The lowest BCUT2D eigenvalue weighted by molar-refractivity contribution is -0.142. The summed E-state index contributed by atoms with van der Waals surface area (Å²) in [7, 11) is 0. The van der Waals surface area contributed by atoms with Crippen LogP contribution in [0.1, 0.15) is 11.1 Å². The zero-order valence-corrected chi connectivity index (χ0v) is 9.75. The first-order chi connectivity index (χ1) is 8.71. The van der Waals surface area contributed by atoms with Crippen molar-refractivity contribution in [3.63, 3.8) is 0 Å². The number of benzene rings is 1. The van der Waals surface area contributed by atoms with Crippen molar-refractivity contribution in [1.82, 2.24) is 4.98 Å². The molecule has 0 atom stereocenters. The molecule has 1 radical (unpaired) electrons. The molecule has 0 bridgehead atoms. The SMILES string of the molecule is FC(F)(F)c1cccc(C(F)(F)F)c1-c1cs[c]n1. The summed E-state index contributed by atoms with van der Waals surface area (Å²) in [6.45, 7) is 0.